The minimum Gasteiger partial charge on any atom is -0.327 e. The Kier molecular flexibility index (Phi) is 3.76. The van der Waals surface area contributed by atoms with Crippen molar-refractivity contribution < 1.29 is 4.79 Å². The quantitative estimate of drug-likeness (QED) is 0.899. The second-order valence-corrected chi connectivity index (χ2v) is 7.02. The van der Waals surface area contributed by atoms with E-state index in [2.05, 4.69) is 30.9 Å². The molecular formula is C17H25N3O. The zero-order chi connectivity index (χ0) is 15.0. The van der Waals surface area contributed by atoms with Crippen LogP contribution in [-0.2, 0) is 11.2 Å². The average Bonchev–Trinajstić information content (AvgIpc) is 2.86. The summed E-state index contributed by atoms with van der Waals surface area (Å²) < 4.78 is 0. The molecule has 4 heteroatoms. The highest BCUT2D eigenvalue weighted by molar-refractivity contribution is 5.96. The van der Waals surface area contributed by atoms with Crippen LogP contribution in [-0.4, -0.2) is 43.0 Å². The van der Waals surface area contributed by atoms with Crippen LogP contribution in [0.15, 0.2) is 24.3 Å². The fourth-order valence-corrected chi connectivity index (χ4v) is 3.49. The summed E-state index contributed by atoms with van der Waals surface area (Å²) in [7, 11) is 0. The molecule has 0 bridgehead atoms. The molecule has 114 valence electrons. The Morgan fingerprint density at radius 2 is 2.10 bits per heavy atom. The van der Waals surface area contributed by atoms with Gasteiger partial charge in [-0.25, -0.2) is 0 Å². The Morgan fingerprint density at radius 3 is 2.86 bits per heavy atom. The van der Waals surface area contributed by atoms with E-state index in [1.165, 1.54) is 5.56 Å². The van der Waals surface area contributed by atoms with Crippen molar-refractivity contribution in [3.8, 4) is 0 Å². The zero-order valence-electron chi connectivity index (χ0n) is 13.0. The second-order valence-electron chi connectivity index (χ2n) is 7.02. The van der Waals surface area contributed by atoms with Crippen molar-refractivity contribution in [1.29, 1.82) is 0 Å². The standard InChI is InChI=1S/C17H25N3O/c1-17(2)12-19(9-8-15(17)18)11-16(21)20-10-7-13-5-3-4-6-14(13)20/h3-6,15H,7-12,18H2,1-2H3. The lowest BCUT2D eigenvalue weighted by molar-refractivity contribution is -0.120. The molecule has 1 saturated heterocycles. The lowest BCUT2D eigenvalue weighted by atomic mass is 9.80. The number of para-hydroxylation sites is 1. The van der Waals surface area contributed by atoms with Gasteiger partial charge in [0.25, 0.3) is 0 Å². The molecule has 3 rings (SSSR count). The molecule has 1 unspecified atom stereocenters. The number of anilines is 1. The fourth-order valence-electron chi connectivity index (χ4n) is 3.49. The van der Waals surface area contributed by atoms with Gasteiger partial charge < -0.3 is 10.6 Å². The summed E-state index contributed by atoms with van der Waals surface area (Å²) in [6.07, 6.45) is 1.94. The molecule has 4 nitrogen and oxygen atoms in total. The van der Waals surface area contributed by atoms with Crippen molar-refractivity contribution in [3.63, 3.8) is 0 Å². The maximum absolute atomic E-state index is 12.6. The van der Waals surface area contributed by atoms with E-state index in [0.717, 1.165) is 38.2 Å². The van der Waals surface area contributed by atoms with Crippen LogP contribution >= 0.6 is 0 Å². The number of carbonyl (C=O) groups is 1. The first-order valence-electron chi connectivity index (χ1n) is 7.83. The molecule has 21 heavy (non-hydrogen) atoms. The molecular weight excluding hydrogens is 262 g/mol. The Morgan fingerprint density at radius 1 is 1.33 bits per heavy atom. The Labute approximate surface area is 126 Å². The molecule has 2 N–H and O–H groups in total. The highest BCUT2D eigenvalue weighted by Gasteiger charge is 2.35. The van der Waals surface area contributed by atoms with E-state index in [4.69, 9.17) is 5.73 Å². The molecule has 1 fully saturated rings. The average molecular weight is 287 g/mol. The number of fused-ring (bicyclic) bond motifs is 1. The summed E-state index contributed by atoms with van der Waals surface area (Å²) in [6.45, 7) is 7.53. The largest absolute Gasteiger partial charge is 0.327 e. The van der Waals surface area contributed by atoms with Crippen molar-refractivity contribution in [2.24, 2.45) is 11.1 Å². The number of hydrogen-bond donors (Lipinski definition) is 1. The van der Waals surface area contributed by atoms with Gasteiger partial charge in [0, 0.05) is 31.4 Å². The predicted molar refractivity (Wildman–Crippen MR) is 85.3 cm³/mol. The fraction of sp³-hybridized carbons (Fsp3) is 0.588. The molecule has 1 aromatic carbocycles. The van der Waals surface area contributed by atoms with Crippen LogP contribution in [0.4, 0.5) is 5.69 Å². The van der Waals surface area contributed by atoms with Crippen molar-refractivity contribution in [2.75, 3.05) is 31.1 Å². The smallest absolute Gasteiger partial charge is 0.241 e. The first-order valence-corrected chi connectivity index (χ1v) is 7.83. The Hall–Kier alpha value is -1.39. The molecule has 2 heterocycles. The SMILES string of the molecule is CC1(C)CN(CC(=O)N2CCc3ccccc32)CCC1N. The van der Waals surface area contributed by atoms with Gasteiger partial charge in [0.2, 0.25) is 5.91 Å². The van der Waals surface area contributed by atoms with Gasteiger partial charge in [-0.2, -0.15) is 0 Å². The molecule has 1 atom stereocenters. The van der Waals surface area contributed by atoms with Gasteiger partial charge >= 0.3 is 0 Å². The van der Waals surface area contributed by atoms with Gasteiger partial charge in [0.05, 0.1) is 6.54 Å². The number of likely N-dealkylation sites (tertiary alicyclic amines) is 1. The van der Waals surface area contributed by atoms with E-state index >= 15 is 0 Å². The van der Waals surface area contributed by atoms with Crippen LogP contribution in [0.5, 0.6) is 0 Å². The molecule has 0 aromatic heterocycles. The van der Waals surface area contributed by atoms with Gasteiger partial charge in [-0.05, 0) is 29.9 Å². The third kappa shape index (κ3) is 2.83. The van der Waals surface area contributed by atoms with Crippen LogP contribution < -0.4 is 10.6 Å². The van der Waals surface area contributed by atoms with E-state index in [-0.39, 0.29) is 17.4 Å². The number of nitrogens with two attached hydrogens (primary N) is 1. The number of nitrogens with zero attached hydrogens (tertiary/aromatic N) is 2. The molecule has 0 saturated carbocycles. The molecule has 2 aliphatic heterocycles. The Balaban J connectivity index is 1.66. The predicted octanol–water partition coefficient (Wildman–Crippen LogP) is 1.63. The highest BCUT2D eigenvalue weighted by atomic mass is 16.2. The maximum Gasteiger partial charge on any atom is 0.241 e. The lowest BCUT2D eigenvalue weighted by Gasteiger charge is -2.42. The second kappa shape index (κ2) is 5.43. The minimum atomic E-state index is 0.0848. The number of piperidine rings is 1. The van der Waals surface area contributed by atoms with E-state index in [1.807, 2.05) is 17.0 Å². The molecule has 1 amide bonds. The summed E-state index contributed by atoms with van der Waals surface area (Å²) in [5.74, 6) is 0.214. The number of hydrogen-bond acceptors (Lipinski definition) is 3. The van der Waals surface area contributed by atoms with Crippen molar-refractivity contribution in [2.45, 2.75) is 32.7 Å². The maximum atomic E-state index is 12.6. The topological polar surface area (TPSA) is 49.6 Å². The summed E-state index contributed by atoms with van der Waals surface area (Å²) in [5.41, 5.74) is 8.63. The third-order valence-corrected chi connectivity index (χ3v) is 4.94. The molecule has 2 aliphatic rings. The van der Waals surface area contributed by atoms with Crippen LogP contribution in [0.25, 0.3) is 0 Å². The molecule has 0 aliphatic carbocycles. The summed E-state index contributed by atoms with van der Waals surface area (Å²) >= 11 is 0. The normalized spacial score (nSPS) is 24.9. The summed E-state index contributed by atoms with van der Waals surface area (Å²) in [4.78, 5) is 16.8. The van der Waals surface area contributed by atoms with E-state index in [9.17, 15) is 4.79 Å². The van der Waals surface area contributed by atoms with E-state index in [0.29, 0.717) is 6.54 Å². The van der Waals surface area contributed by atoms with Gasteiger partial charge in [0.1, 0.15) is 0 Å². The van der Waals surface area contributed by atoms with Crippen LogP contribution in [0.3, 0.4) is 0 Å². The lowest BCUT2D eigenvalue weighted by Crippen LogP contribution is -2.54. The van der Waals surface area contributed by atoms with Gasteiger partial charge in [-0.1, -0.05) is 32.0 Å². The highest BCUT2D eigenvalue weighted by Crippen LogP contribution is 2.30. The van der Waals surface area contributed by atoms with E-state index in [1.54, 1.807) is 0 Å². The molecule has 0 radical (unpaired) electrons. The minimum absolute atomic E-state index is 0.0848. The molecule has 0 spiro atoms. The first kappa shape index (κ1) is 14.5. The first-order chi connectivity index (χ1) is 9.97. The van der Waals surface area contributed by atoms with Gasteiger partial charge in [0.15, 0.2) is 0 Å². The monoisotopic (exact) mass is 287 g/mol. The van der Waals surface area contributed by atoms with Crippen LogP contribution in [0.2, 0.25) is 0 Å². The summed E-state index contributed by atoms with van der Waals surface area (Å²) in [5, 5.41) is 0. The number of rotatable bonds is 2. The Bertz CT molecular complexity index is 541. The third-order valence-electron chi connectivity index (χ3n) is 4.94. The summed E-state index contributed by atoms with van der Waals surface area (Å²) in [6, 6.07) is 8.45. The number of carbonyl (C=O) groups excluding carboxylic acids is 1. The van der Waals surface area contributed by atoms with Crippen LogP contribution in [0, 0.1) is 5.41 Å². The van der Waals surface area contributed by atoms with Crippen molar-refractivity contribution in [1.82, 2.24) is 4.90 Å². The van der Waals surface area contributed by atoms with Crippen LogP contribution in [0.1, 0.15) is 25.8 Å². The number of amides is 1. The van der Waals surface area contributed by atoms with Crippen molar-refractivity contribution >= 4 is 11.6 Å². The van der Waals surface area contributed by atoms with Gasteiger partial charge in [-0.15, -0.1) is 0 Å². The number of benzene rings is 1. The van der Waals surface area contributed by atoms with Crippen molar-refractivity contribution in [3.05, 3.63) is 29.8 Å². The molecule has 1 aromatic rings. The zero-order valence-corrected chi connectivity index (χ0v) is 13.0. The van der Waals surface area contributed by atoms with Gasteiger partial charge in [-0.3, -0.25) is 9.69 Å². The van der Waals surface area contributed by atoms with E-state index < -0.39 is 0 Å².